The maximum atomic E-state index is 9.43. The van der Waals surface area contributed by atoms with Crippen LogP contribution in [0.4, 0.5) is 5.69 Å². The minimum Gasteiger partial charge on any atom is -0.395 e. The zero-order valence-electron chi connectivity index (χ0n) is 15.0. The van der Waals surface area contributed by atoms with Crippen LogP contribution >= 0.6 is 0 Å². The molecule has 5 heteroatoms. The lowest BCUT2D eigenvalue weighted by Gasteiger charge is -2.38. The van der Waals surface area contributed by atoms with Crippen LogP contribution in [-0.2, 0) is 6.54 Å². The molecule has 0 aromatic heterocycles. The lowest BCUT2D eigenvalue weighted by Crippen LogP contribution is -2.50. The molecule has 0 saturated carbocycles. The summed E-state index contributed by atoms with van der Waals surface area (Å²) in [4.78, 5) is 7.00. The molecule has 1 aromatic carbocycles. The molecule has 0 amide bonds. The Morgan fingerprint density at radius 2 is 1.88 bits per heavy atom. The Labute approximate surface area is 146 Å². The van der Waals surface area contributed by atoms with Gasteiger partial charge in [-0.15, -0.1) is 0 Å². The van der Waals surface area contributed by atoms with Gasteiger partial charge in [0.05, 0.1) is 19.1 Å². The molecule has 24 heavy (non-hydrogen) atoms. The number of nitriles is 1. The lowest BCUT2D eigenvalue weighted by molar-refractivity contribution is 0.0608. The quantitative estimate of drug-likeness (QED) is 0.789. The third kappa shape index (κ3) is 5.20. The highest BCUT2D eigenvalue weighted by atomic mass is 16.3. The van der Waals surface area contributed by atoms with Crippen LogP contribution in [0.3, 0.4) is 0 Å². The van der Waals surface area contributed by atoms with Crippen molar-refractivity contribution in [1.82, 2.24) is 9.80 Å². The lowest BCUT2D eigenvalue weighted by atomic mass is 10.1. The van der Waals surface area contributed by atoms with Crippen molar-refractivity contribution in [2.24, 2.45) is 0 Å². The number of hydrogen-bond donors (Lipinski definition) is 1. The van der Waals surface area contributed by atoms with Gasteiger partial charge in [0.25, 0.3) is 0 Å². The molecular formula is C19H30N4O. The van der Waals surface area contributed by atoms with E-state index in [0.717, 1.165) is 51.4 Å². The number of aliphatic hydroxyl groups is 1. The Morgan fingerprint density at radius 3 is 2.42 bits per heavy atom. The van der Waals surface area contributed by atoms with Crippen LogP contribution < -0.4 is 4.90 Å². The van der Waals surface area contributed by atoms with Crippen LogP contribution in [0.1, 0.15) is 25.3 Å². The third-order valence-electron chi connectivity index (χ3n) is 4.95. The molecule has 1 fully saturated rings. The van der Waals surface area contributed by atoms with E-state index in [4.69, 9.17) is 5.26 Å². The molecule has 1 aliphatic rings. The highest BCUT2D eigenvalue weighted by molar-refractivity contribution is 5.46. The van der Waals surface area contributed by atoms with Gasteiger partial charge in [0.2, 0.25) is 0 Å². The minimum absolute atomic E-state index is 0.261. The molecule has 1 unspecified atom stereocenters. The first-order valence-corrected chi connectivity index (χ1v) is 8.92. The van der Waals surface area contributed by atoms with E-state index >= 15 is 0 Å². The second-order valence-electron chi connectivity index (χ2n) is 6.55. The van der Waals surface area contributed by atoms with Crippen LogP contribution in [0.2, 0.25) is 0 Å². The average molecular weight is 330 g/mol. The molecule has 1 aliphatic heterocycles. The van der Waals surface area contributed by atoms with Gasteiger partial charge in [-0.2, -0.15) is 5.26 Å². The summed E-state index contributed by atoms with van der Waals surface area (Å²) in [5.74, 6) is 0. The Bertz CT molecular complexity index is 513. The average Bonchev–Trinajstić information content (AvgIpc) is 2.62. The summed E-state index contributed by atoms with van der Waals surface area (Å²) >= 11 is 0. The molecule has 0 spiro atoms. The van der Waals surface area contributed by atoms with Crippen molar-refractivity contribution in [2.45, 2.75) is 32.4 Å². The van der Waals surface area contributed by atoms with Crippen molar-refractivity contribution < 1.29 is 5.11 Å². The van der Waals surface area contributed by atoms with E-state index in [9.17, 15) is 5.11 Å². The summed E-state index contributed by atoms with van der Waals surface area (Å²) in [6, 6.07) is 11.2. The molecule has 0 aliphatic carbocycles. The highest BCUT2D eigenvalue weighted by Gasteiger charge is 2.22. The number of benzene rings is 1. The summed E-state index contributed by atoms with van der Waals surface area (Å²) in [7, 11) is 2.02. The van der Waals surface area contributed by atoms with E-state index in [1.807, 2.05) is 7.05 Å². The number of rotatable bonds is 8. The van der Waals surface area contributed by atoms with Crippen LogP contribution in [0, 0.1) is 11.3 Å². The van der Waals surface area contributed by atoms with E-state index in [-0.39, 0.29) is 6.61 Å². The summed E-state index contributed by atoms with van der Waals surface area (Å²) in [5.41, 5.74) is 2.49. The van der Waals surface area contributed by atoms with Gasteiger partial charge in [0.1, 0.15) is 0 Å². The minimum atomic E-state index is 0.261. The summed E-state index contributed by atoms with van der Waals surface area (Å²) in [6.45, 7) is 8.33. The summed E-state index contributed by atoms with van der Waals surface area (Å²) < 4.78 is 0. The van der Waals surface area contributed by atoms with Crippen LogP contribution in [0.5, 0.6) is 0 Å². The fourth-order valence-corrected chi connectivity index (χ4v) is 3.25. The van der Waals surface area contributed by atoms with Gasteiger partial charge in [-0.3, -0.25) is 9.80 Å². The van der Waals surface area contributed by atoms with Crippen molar-refractivity contribution in [1.29, 1.82) is 5.26 Å². The number of nitrogens with zero attached hydrogens (tertiary/aromatic N) is 4. The number of aliphatic hydroxyl groups excluding tert-OH is 1. The van der Waals surface area contributed by atoms with Gasteiger partial charge in [0, 0.05) is 58.0 Å². The normalized spacial score (nSPS) is 17.4. The molecule has 2 rings (SSSR count). The summed E-state index contributed by atoms with van der Waals surface area (Å²) in [6.07, 6.45) is 1.56. The zero-order chi connectivity index (χ0) is 17.4. The predicted molar refractivity (Wildman–Crippen MR) is 98.0 cm³/mol. The molecule has 1 aromatic rings. The Morgan fingerprint density at radius 1 is 1.21 bits per heavy atom. The van der Waals surface area contributed by atoms with Crippen molar-refractivity contribution in [3.8, 4) is 6.07 Å². The number of anilines is 1. The molecule has 132 valence electrons. The largest absolute Gasteiger partial charge is 0.395 e. The molecule has 0 radical (unpaired) electrons. The predicted octanol–water partition coefficient (Wildman–Crippen LogP) is 1.92. The number of hydrogen-bond acceptors (Lipinski definition) is 5. The summed E-state index contributed by atoms with van der Waals surface area (Å²) in [5, 5.41) is 18.1. The van der Waals surface area contributed by atoms with E-state index in [1.54, 1.807) is 0 Å². The molecule has 0 bridgehead atoms. The first-order valence-electron chi connectivity index (χ1n) is 8.92. The van der Waals surface area contributed by atoms with Crippen molar-refractivity contribution >= 4 is 5.69 Å². The fourth-order valence-electron chi connectivity index (χ4n) is 3.25. The topological polar surface area (TPSA) is 53.7 Å². The van der Waals surface area contributed by atoms with E-state index < -0.39 is 0 Å². The van der Waals surface area contributed by atoms with Crippen molar-refractivity contribution in [3.63, 3.8) is 0 Å². The second kappa shape index (κ2) is 9.63. The van der Waals surface area contributed by atoms with Crippen molar-refractivity contribution in [3.05, 3.63) is 29.8 Å². The van der Waals surface area contributed by atoms with Gasteiger partial charge < -0.3 is 10.0 Å². The first kappa shape index (κ1) is 18.7. The van der Waals surface area contributed by atoms with Gasteiger partial charge in [-0.1, -0.05) is 19.1 Å². The smallest absolute Gasteiger partial charge is 0.0640 e. The molecule has 1 N–H and O–H groups in total. The van der Waals surface area contributed by atoms with Crippen LogP contribution in [-0.4, -0.2) is 67.3 Å². The monoisotopic (exact) mass is 330 g/mol. The third-order valence-corrected chi connectivity index (χ3v) is 4.95. The Kier molecular flexibility index (Phi) is 7.51. The van der Waals surface area contributed by atoms with Crippen molar-refractivity contribution in [2.75, 3.05) is 51.3 Å². The molecular weight excluding hydrogens is 300 g/mol. The number of piperazine rings is 1. The first-order chi connectivity index (χ1) is 11.7. The van der Waals surface area contributed by atoms with Gasteiger partial charge >= 0.3 is 0 Å². The standard InChI is InChI=1S/C19H30N4O/c1-3-18(16-24)23-13-11-22(12-14-23)15-17-5-7-19(8-6-17)21(2)10-4-9-20/h5-8,18,24H,3-4,10-16H2,1-2H3. The molecule has 1 saturated heterocycles. The fraction of sp³-hybridized carbons (Fsp3) is 0.632. The Hall–Kier alpha value is -1.61. The maximum Gasteiger partial charge on any atom is 0.0640 e. The van der Waals surface area contributed by atoms with Gasteiger partial charge in [-0.25, -0.2) is 0 Å². The molecule has 1 heterocycles. The van der Waals surface area contributed by atoms with Crippen LogP contribution in [0.25, 0.3) is 0 Å². The van der Waals surface area contributed by atoms with E-state index in [2.05, 4.69) is 52.0 Å². The van der Waals surface area contributed by atoms with E-state index in [1.165, 1.54) is 5.56 Å². The maximum absolute atomic E-state index is 9.43. The van der Waals surface area contributed by atoms with Gasteiger partial charge in [0.15, 0.2) is 0 Å². The van der Waals surface area contributed by atoms with Crippen LogP contribution in [0.15, 0.2) is 24.3 Å². The second-order valence-corrected chi connectivity index (χ2v) is 6.55. The SMILES string of the molecule is CCC(CO)N1CCN(Cc2ccc(N(C)CCC#N)cc2)CC1. The van der Waals surface area contributed by atoms with E-state index in [0.29, 0.717) is 12.5 Å². The molecule has 5 nitrogen and oxygen atoms in total. The van der Waals surface area contributed by atoms with Gasteiger partial charge in [-0.05, 0) is 24.1 Å². The Balaban J connectivity index is 1.81. The zero-order valence-corrected chi connectivity index (χ0v) is 15.0. The highest BCUT2D eigenvalue weighted by Crippen LogP contribution is 2.17. The molecule has 1 atom stereocenters.